The number of amides is 1. The molecule has 0 aliphatic carbocycles. The molecule has 1 amide bonds. The van der Waals surface area contributed by atoms with E-state index in [9.17, 15) is 22.8 Å². The fourth-order valence-electron chi connectivity index (χ4n) is 2.24. The summed E-state index contributed by atoms with van der Waals surface area (Å²) < 4.78 is 53.1. The molecule has 0 heterocycles. The van der Waals surface area contributed by atoms with Gasteiger partial charge in [0.1, 0.15) is 0 Å². The zero-order valence-electron chi connectivity index (χ0n) is 15.3. The third-order valence-electron chi connectivity index (χ3n) is 3.74. The number of hydrogen-bond acceptors (Lipinski definition) is 5. The van der Waals surface area contributed by atoms with E-state index < -0.39 is 29.7 Å². The number of benzene rings is 2. The number of carbonyl (C=O) groups excluding carboxylic acids is 2. The monoisotopic (exact) mass is 397 g/mol. The largest absolute Gasteiger partial charge is 0.493 e. The standard InChI is InChI=1S/C19H18F3NO5/c1-11(17(24)23-14-7-5-13(6-8-14)19(20,21)22)28-15-9-4-12(18(25)27-3)10-16(15)26-2/h4-11H,1-3H3,(H,23,24)/t11-/m0/s1. The van der Waals surface area contributed by atoms with Gasteiger partial charge in [-0.1, -0.05) is 0 Å². The van der Waals surface area contributed by atoms with Gasteiger partial charge >= 0.3 is 12.1 Å². The van der Waals surface area contributed by atoms with Crippen molar-refractivity contribution in [2.24, 2.45) is 0 Å². The van der Waals surface area contributed by atoms with E-state index in [1.165, 1.54) is 39.3 Å². The number of nitrogens with one attached hydrogen (secondary N) is 1. The number of alkyl halides is 3. The first-order valence-electron chi connectivity index (χ1n) is 8.07. The van der Waals surface area contributed by atoms with Gasteiger partial charge < -0.3 is 19.5 Å². The lowest BCUT2D eigenvalue weighted by Gasteiger charge is -2.17. The molecule has 6 nitrogen and oxygen atoms in total. The fraction of sp³-hybridized carbons (Fsp3) is 0.263. The minimum Gasteiger partial charge on any atom is -0.493 e. The van der Waals surface area contributed by atoms with Crippen LogP contribution in [0.25, 0.3) is 0 Å². The summed E-state index contributed by atoms with van der Waals surface area (Å²) in [6.07, 6.45) is -5.44. The maximum absolute atomic E-state index is 12.6. The third kappa shape index (κ3) is 5.15. The summed E-state index contributed by atoms with van der Waals surface area (Å²) >= 11 is 0. The van der Waals surface area contributed by atoms with Gasteiger partial charge in [0.05, 0.1) is 25.3 Å². The number of rotatable bonds is 6. The van der Waals surface area contributed by atoms with Crippen molar-refractivity contribution in [1.29, 1.82) is 0 Å². The second kappa shape index (κ2) is 8.64. The van der Waals surface area contributed by atoms with Crippen LogP contribution in [0, 0.1) is 0 Å². The van der Waals surface area contributed by atoms with E-state index >= 15 is 0 Å². The lowest BCUT2D eigenvalue weighted by Crippen LogP contribution is -2.30. The molecule has 9 heteroatoms. The van der Waals surface area contributed by atoms with Crippen molar-refractivity contribution in [3.63, 3.8) is 0 Å². The Labute approximate surface area is 159 Å². The van der Waals surface area contributed by atoms with Crippen LogP contribution in [0.2, 0.25) is 0 Å². The van der Waals surface area contributed by atoms with Crippen LogP contribution >= 0.6 is 0 Å². The van der Waals surface area contributed by atoms with Gasteiger partial charge in [-0.25, -0.2) is 4.79 Å². The zero-order valence-corrected chi connectivity index (χ0v) is 15.3. The molecule has 2 aromatic rings. The van der Waals surface area contributed by atoms with Crippen molar-refractivity contribution in [3.05, 3.63) is 53.6 Å². The van der Waals surface area contributed by atoms with Gasteiger partial charge in [-0.3, -0.25) is 4.79 Å². The second-order valence-corrected chi connectivity index (χ2v) is 5.68. The highest BCUT2D eigenvalue weighted by Gasteiger charge is 2.30. The number of carbonyl (C=O) groups is 2. The van der Waals surface area contributed by atoms with Gasteiger partial charge in [0, 0.05) is 5.69 Å². The molecule has 0 spiro atoms. The smallest absolute Gasteiger partial charge is 0.416 e. The van der Waals surface area contributed by atoms with E-state index in [0.29, 0.717) is 0 Å². The van der Waals surface area contributed by atoms with Crippen molar-refractivity contribution in [2.75, 3.05) is 19.5 Å². The quantitative estimate of drug-likeness (QED) is 0.749. The van der Waals surface area contributed by atoms with E-state index in [-0.39, 0.29) is 22.7 Å². The number of anilines is 1. The Morgan fingerprint density at radius 1 is 1.00 bits per heavy atom. The molecule has 1 atom stereocenters. The maximum atomic E-state index is 12.6. The number of methoxy groups -OCH3 is 2. The molecule has 0 saturated heterocycles. The summed E-state index contributed by atoms with van der Waals surface area (Å²) in [4.78, 5) is 23.8. The second-order valence-electron chi connectivity index (χ2n) is 5.68. The first-order valence-corrected chi connectivity index (χ1v) is 8.07. The summed E-state index contributed by atoms with van der Waals surface area (Å²) in [5, 5.41) is 2.47. The minimum absolute atomic E-state index is 0.196. The molecule has 0 aliphatic rings. The van der Waals surface area contributed by atoms with E-state index in [1.807, 2.05) is 0 Å². The zero-order chi connectivity index (χ0) is 20.9. The lowest BCUT2D eigenvalue weighted by atomic mass is 10.2. The Kier molecular flexibility index (Phi) is 6.50. The van der Waals surface area contributed by atoms with Crippen LogP contribution in [0.4, 0.5) is 18.9 Å². The highest BCUT2D eigenvalue weighted by atomic mass is 19.4. The Hall–Kier alpha value is -3.23. The molecule has 0 fully saturated rings. The molecular formula is C19H18F3NO5. The molecule has 0 saturated carbocycles. The summed E-state index contributed by atoms with van der Waals surface area (Å²) in [6.45, 7) is 1.47. The fourth-order valence-corrected chi connectivity index (χ4v) is 2.24. The van der Waals surface area contributed by atoms with Crippen LogP contribution in [0.15, 0.2) is 42.5 Å². The average Bonchev–Trinajstić information content (AvgIpc) is 2.67. The van der Waals surface area contributed by atoms with Crippen molar-refractivity contribution < 1.29 is 37.0 Å². The average molecular weight is 397 g/mol. The van der Waals surface area contributed by atoms with Gasteiger partial charge in [0.25, 0.3) is 5.91 Å². The summed E-state index contributed by atoms with van der Waals surface area (Å²) in [6, 6.07) is 8.35. The van der Waals surface area contributed by atoms with Crippen molar-refractivity contribution in [3.8, 4) is 11.5 Å². The Morgan fingerprint density at radius 2 is 1.64 bits per heavy atom. The molecular weight excluding hydrogens is 379 g/mol. The van der Waals surface area contributed by atoms with Gasteiger partial charge in [-0.2, -0.15) is 13.2 Å². The SMILES string of the molecule is COC(=O)c1ccc(O[C@@H](C)C(=O)Nc2ccc(C(F)(F)F)cc2)c(OC)c1. The Balaban J connectivity index is 2.07. The summed E-state index contributed by atoms with van der Waals surface area (Å²) in [5.74, 6) is -0.695. The van der Waals surface area contributed by atoms with E-state index in [2.05, 4.69) is 10.1 Å². The first-order chi connectivity index (χ1) is 13.2. The predicted octanol–water partition coefficient (Wildman–Crippen LogP) is 3.91. The molecule has 0 aromatic heterocycles. The maximum Gasteiger partial charge on any atom is 0.416 e. The Bertz CT molecular complexity index is 850. The van der Waals surface area contributed by atoms with E-state index in [4.69, 9.17) is 9.47 Å². The lowest BCUT2D eigenvalue weighted by molar-refractivity contribution is -0.137. The predicted molar refractivity (Wildman–Crippen MR) is 94.5 cm³/mol. The molecule has 2 rings (SSSR count). The van der Waals surface area contributed by atoms with Gasteiger partial charge in [-0.05, 0) is 49.4 Å². The molecule has 150 valence electrons. The van der Waals surface area contributed by atoms with Crippen molar-refractivity contribution in [2.45, 2.75) is 19.2 Å². The minimum atomic E-state index is -4.45. The molecule has 0 aliphatic heterocycles. The van der Waals surface area contributed by atoms with Gasteiger partial charge in [0.2, 0.25) is 0 Å². The number of ether oxygens (including phenoxy) is 3. The Morgan fingerprint density at radius 3 is 2.18 bits per heavy atom. The number of esters is 1. The molecule has 0 unspecified atom stereocenters. The molecule has 0 bridgehead atoms. The van der Waals surface area contributed by atoms with Gasteiger partial charge in [0.15, 0.2) is 17.6 Å². The highest BCUT2D eigenvalue weighted by Crippen LogP contribution is 2.31. The molecule has 1 N–H and O–H groups in total. The van der Waals surface area contributed by atoms with Crippen LogP contribution in [0.3, 0.4) is 0 Å². The van der Waals surface area contributed by atoms with E-state index in [1.54, 1.807) is 0 Å². The first kappa shape index (κ1) is 21.1. The number of halogens is 3. The summed E-state index contributed by atoms with van der Waals surface area (Å²) in [5.41, 5.74) is -0.375. The van der Waals surface area contributed by atoms with E-state index in [0.717, 1.165) is 24.3 Å². The van der Waals surface area contributed by atoms with Crippen molar-refractivity contribution in [1.82, 2.24) is 0 Å². The van der Waals surface area contributed by atoms with Gasteiger partial charge in [-0.15, -0.1) is 0 Å². The topological polar surface area (TPSA) is 73.9 Å². The van der Waals surface area contributed by atoms with Crippen LogP contribution in [0.1, 0.15) is 22.8 Å². The molecule has 0 radical (unpaired) electrons. The number of hydrogen-bond donors (Lipinski definition) is 1. The van der Waals surface area contributed by atoms with Crippen LogP contribution in [-0.2, 0) is 15.7 Å². The third-order valence-corrected chi connectivity index (χ3v) is 3.74. The molecule has 28 heavy (non-hydrogen) atoms. The van der Waals surface area contributed by atoms with Crippen LogP contribution < -0.4 is 14.8 Å². The highest BCUT2D eigenvalue weighted by molar-refractivity contribution is 5.94. The normalized spacial score (nSPS) is 12.1. The molecule has 2 aromatic carbocycles. The van der Waals surface area contributed by atoms with Crippen LogP contribution in [-0.4, -0.2) is 32.2 Å². The van der Waals surface area contributed by atoms with Crippen LogP contribution in [0.5, 0.6) is 11.5 Å². The summed E-state index contributed by atoms with van der Waals surface area (Å²) in [7, 11) is 2.61. The van der Waals surface area contributed by atoms with Crippen molar-refractivity contribution >= 4 is 17.6 Å².